The Labute approximate surface area is 240 Å². The molecule has 1 aliphatic carbocycles. The Bertz CT molecular complexity index is 1840. The Morgan fingerprint density at radius 1 is 0.905 bits per heavy atom. The van der Waals surface area contributed by atoms with Crippen LogP contribution in [0, 0.1) is 28.3 Å². The summed E-state index contributed by atoms with van der Waals surface area (Å²) in [5, 5.41) is 11.9. The average molecular weight is 559 g/mol. The van der Waals surface area contributed by atoms with E-state index in [1.807, 2.05) is 6.92 Å². The van der Waals surface area contributed by atoms with Gasteiger partial charge in [-0.25, -0.2) is 4.39 Å². The van der Waals surface area contributed by atoms with Crippen LogP contribution in [0.1, 0.15) is 53.7 Å². The van der Waals surface area contributed by atoms with Crippen molar-refractivity contribution in [3.8, 4) is 0 Å². The molecule has 1 saturated heterocycles. The average Bonchev–Trinajstić information content (AvgIpc) is 3.43. The first-order valence-corrected chi connectivity index (χ1v) is 13.5. The van der Waals surface area contributed by atoms with Crippen LogP contribution < -0.4 is 4.90 Å². The molecule has 3 atom stereocenters. The third kappa shape index (κ3) is 3.41. The van der Waals surface area contributed by atoms with Crippen molar-refractivity contribution in [3.63, 3.8) is 0 Å². The number of nitrogens with zero attached hydrogens (tertiary/aromatic N) is 2. The van der Waals surface area contributed by atoms with Gasteiger partial charge in [-0.15, -0.1) is 0 Å². The van der Waals surface area contributed by atoms with Crippen LogP contribution in [0.25, 0.3) is 6.08 Å². The van der Waals surface area contributed by atoms with Crippen LogP contribution in [0.15, 0.2) is 97.1 Å². The van der Waals surface area contributed by atoms with Crippen molar-refractivity contribution >= 4 is 34.8 Å². The highest BCUT2D eigenvalue weighted by atomic mass is 19.1. The maximum Gasteiger partial charge on any atom is 0.269 e. The lowest BCUT2D eigenvalue weighted by Gasteiger charge is -2.37. The molecule has 42 heavy (non-hydrogen) atoms. The van der Waals surface area contributed by atoms with Gasteiger partial charge >= 0.3 is 0 Å². The van der Waals surface area contributed by atoms with E-state index >= 15 is 0 Å². The number of anilines is 1. The number of hydrogen-bond acceptors (Lipinski definition) is 6. The largest absolute Gasteiger partial charge is 0.352 e. The van der Waals surface area contributed by atoms with Gasteiger partial charge in [-0.3, -0.25) is 24.5 Å². The van der Waals surface area contributed by atoms with Gasteiger partial charge in [0.05, 0.1) is 11.0 Å². The molecular weight excluding hydrogens is 535 g/mol. The Morgan fingerprint density at radius 2 is 1.60 bits per heavy atom. The summed E-state index contributed by atoms with van der Waals surface area (Å²) in [6.07, 6.45) is 3.37. The number of rotatable bonds is 4. The number of aryl methyl sites for hydroxylation is 1. The highest BCUT2D eigenvalue weighted by molar-refractivity contribution is 6.32. The van der Waals surface area contributed by atoms with Crippen molar-refractivity contribution in [2.24, 2.45) is 5.41 Å². The fourth-order valence-corrected chi connectivity index (χ4v) is 7.04. The van der Waals surface area contributed by atoms with Gasteiger partial charge in [-0.2, -0.15) is 0 Å². The molecule has 1 fully saturated rings. The van der Waals surface area contributed by atoms with E-state index in [4.69, 9.17) is 0 Å². The Kier molecular flexibility index (Phi) is 5.59. The maximum absolute atomic E-state index is 14.6. The molecule has 0 bridgehead atoms. The minimum atomic E-state index is -1.80. The van der Waals surface area contributed by atoms with Crippen molar-refractivity contribution in [1.82, 2.24) is 0 Å². The summed E-state index contributed by atoms with van der Waals surface area (Å²) in [6, 6.07) is 21.5. The lowest BCUT2D eigenvalue weighted by Crippen LogP contribution is -2.48. The lowest BCUT2D eigenvalue weighted by molar-refractivity contribution is -0.384. The molecule has 0 N–H and O–H groups in total. The number of non-ortho nitro benzene ring substituents is 1. The molecule has 1 spiro atoms. The second-order valence-corrected chi connectivity index (χ2v) is 11.0. The van der Waals surface area contributed by atoms with Crippen molar-refractivity contribution in [2.75, 3.05) is 4.90 Å². The molecule has 3 unspecified atom stereocenters. The topological polar surface area (TPSA) is 97.6 Å². The maximum atomic E-state index is 14.6. The van der Waals surface area contributed by atoms with Gasteiger partial charge in [0.2, 0.25) is 0 Å². The first-order valence-electron chi connectivity index (χ1n) is 13.5. The van der Waals surface area contributed by atoms with E-state index < -0.39 is 45.7 Å². The fourth-order valence-electron chi connectivity index (χ4n) is 7.04. The van der Waals surface area contributed by atoms with Crippen LogP contribution in [0.5, 0.6) is 0 Å². The molecule has 206 valence electrons. The fraction of sp³-hybridized carbons (Fsp3) is 0.147. The summed E-state index contributed by atoms with van der Waals surface area (Å²) in [5.74, 6) is -2.80. The third-order valence-electron chi connectivity index (χ3n) is 8.81. The minimum Gasteiger partial charge on any atom is -0.352 e. The van der Waals surface area contributed by atoms with Gasteiger partial charge in [0, 0.05) is 46.0 Å². The molecule has 4 aromatic rings. The van der Waals surface area contributed by atoms with E-state index in [0.717, 1.165) is 5.56 Å². The molecule has 4 aromatic carbocycles. The number of hydrogen-bond donors (Lipinski definition) is 0. The zero-order valence-electron chi connectivity index (χ0n) is 22.4. The summed E-state index contributed by atoms with van der Waals surface area (Å²) < 4.78 is 14.4. The second-order valence-electron chi connectivity index (χ2n) is 11.0. The smallest absolute Gasteiger partial charge is 0.269 e. The number of nitro benzene ring substituents is 1. The summed E-state index contributed by atoms with van der Waals surface area (Å²) in [6.45, 7) is 1.90. The van der Waals surface area contributed by atoms with E-state index in [0.29, 0.717) is 22.4 Å². The predicted octanol–water partition coefficient (Wildman–Crippen LogP) is 6.36. The third-order valence-corrected chi connectivity index (χ3v) is 8.81. The van der Waals surface area contributed by atoms with Crippen LogP contribution in [0.3, 0.4) is 0 Å². The quantitative estimate of drug-likeness (QED) is 0.125. The van der Waals surface area contributed by atoms with E-state index in [-0.39, 0.29) is 22.6 Å². The highest BCUT2D eigenvalue weighted by Crippen LogP contribution is 2.61. The minimum absolute atomic E-state index is 0.220. The Hall–Kier alpha value is -5.24. The van der Waals surface area contributed by atoms with Gasteiger partial charge in [-0.1, -0.05) is 78.4 Å². The summed E-state index contributed by atoms with van der Waals surface area (Å²) in [5.41, 5.74) is 1.12. The first kappa shape index (κ1) is 25.7. The molecule has 7 nitrogen and oxygen atoms in total. The van der Waals surface area contributed by atoms with Crippen LogP contribution in [0.4, 0.5) is 15.8 Å². The molecule has 0 radical (unpaired) electrons. The highest BCUT2D eigenvalue weighted by Gasteiger charge is 2.71. The normalized spacial score (nSPS) is 21.3. The van der Waals surface area contributed by atoms with Crippen LogP contribution in [-0.4, -0.2) is 34.4 Å². The molecular formula is C34H23FN2O5. The number of benzene rings is 4. The van der Waals surface area contributed by atoms with Crippen molar-refractivity contribution in [2.45, 2.75) is 24.9 Å². The molecule has 2 aliphatic heterocycles. The molecule has 2 heterocycles. The number of halogens is 1. The van der Waals surface area contributed by atoms with Gasteiger partial charge in [0.15, 0.2) is 17.3 Å². The number of ketones is 3. The van der Waals surface area contributed by atoms with Crippen LogP contribution >= 0.6 is 0 Å². The van der Waals surface area contributed by atoms with Crippen LogP contribution in [-0.2, 0) is 0 Å². The van der Waals surface area contributed by atoms with Gasteiger partial charge in [-0.05, 0) is 30.7 Å². The number of carbonyl (C=O) groups excluding carboxylic acids is 3. The van der Waals surface area contributed by atoms with Crippen molar-refractivity contribution < 1.29 is 23.7 Å². The molecule has 3 aliphatic rings. The summed E-state index contributed by atoms with van der Waals surface area (Å²) >= 11 is 0. The summed E-state index contributed by atoms with van der Waals surface area (Å²) in [4.78, 5) is 56.9. The first-order chi connectivity index (χ1) is 20.2. The zero-order chi connectivity index (χ0) is 29.3. The van der Waals surface area contributed by atoms with E-state index in [1.165, 1.54) is 30.3 Å². The molecule has 8 heteroatoms. The molecule has 0 aromatic heterocycles. The van der Waals surface area contributed by atoms with E-state index in [2.05, 4.69) is 0 Å². The molecule has 0 saturated carbocycles. The zero-order valence-corrected chi connectivity index (χ0v) is 22.4. The predicted molar refractivity (Wildman–Crippen MR) is 154 cm³/mol. The number of carbonyl (C=O) groups is 3. The standard InChI is InChI=1S/C34H23FN2O5/c1-19-9-11-20(12-10-19)31(38)30-29(22-5-4-6-24(18-22)37(41)42)34(32(39)25-7-2-3-8-26(25)33(34)40)28-16-13-21-17-23(35)14-15-27(21)36(28)30/h2-18,28-30H,1H3. The Balaban J connectivity index is 1.56. The van der Waals surface area contributed by atoms with Crippen molar-refractivity contribution in [3.05, 3.63) is 146 Å². The molecule has 0 amide bonds. The molecule has 7 rings (SSSR count). The number of fused-ring (bicyclic) bond motifs is 5. The van der Waals surface area contributed by atoms with Gasteiger partial charge in [0.1, 0.15) is 17.3 Å². The second kappa shape index (κ2) is 9.14. The van der Waals surface area contributed by atoms with Crippen LogP contribution in [0.2, 0.25) is 0 Å². The van der Waals surface area contributed by atoms with Crippen molar-refractivity contribution in [1.29, 1.82) is 0 Å². The monoisotopic (exact) mass is 558 g/mol. The van der Waals surface area contributed by atoms with Gasteiger partial charge in [0.25, 0.3) is 5.69 Å². The van der Waals surface area contributed by atoms with E-state index in [9.17, 15) is 28.9 Å². The number of nitro groups is 1. The SMILES string of the molecule is Cc1ccc(C(=O)C2C(c3cccc([N+](=O)[O-])c3)C3(C(=O)c4ccccc4C3=O)C3C=Cc4cc(F)ccc4N23)cc1. The van der Waals surface area contributed by atoms with Gasteiger partial charge < -0.3 is 4.90 Å². The lowest BCUT2D eigenvalue weighted by atomic mass is 9.64. The Morgan fingerprint density at radius 3 is 2.26 bits per heavy atom. The van der Waals surface area contributed by atoms with E-state index in [1.54, 1.807) is 77.7 Å². The summed E-state index contributed by atoms with van der Waals surface area (Å²) in [7, 11) is 0. The number of Topliss-reactive ketones (excluding diaryl/α,β-unsaturated/α-hetero) is 3.